The van der Waals surface area contributed by atoms with Crippen LogP contribution in [0.5, 0.6) is 0 Å². The van der Waals surface area contributed by atoms with Crippen LogP contribution in [-0.4, -0.2) is 37.1 Å². The summed E-state index contributed by atoms with van der Waals surface area (Å²) in [6.45, 7) is 8.55. The summed E-state index contributed by atoms with van der Waals surface area (Å²) < 4.78 is 33.7. The highest BCUT2D eigenvalue weighted by Gasteiger charge is 2.14. The Morgan fingerprint density at radius 3 is 2.27 bits per heavy atom. The van der Waals surface area contributed by atoms with Crippen molar-refractivity contribution in [2.45, 2.75) is 44.0 Å². The van der Waals surface area contributed by atoms with Gasteiger partial charge in [0.25, 0.3) is 0 Å². The molecular weight excluding hydrogens is 350 g/mol. The Morgan fingerprint density at radius 1 is 1.27 bits per heavy atom. The van der Waals surface area contributed by atoms with Crippen LogP contribution < -0.4 is 0 Å². The molecule has 2 aromatic rings. The molecule has 0 spiro atoms. The second kappa shape index (κ2) is 7.60. The maximum Gasteiger partial charge on any atom is 0.394 e. The van der Waals surface area contributed by atoms with Crippen molar-refractivity contribution >= 4 is 39.3 Å². The fourth-order valence-electron chi connectivity index (χ4n) is 1.68. The van der Waals surface area contributed by atoms with Gasteiger partial charge in [0, 0.05) is 17.2 Å². The molecule has 0 atom stereocenters. The van der Waals surface area contributed by atoms with Crippen molar-refractivity contribution in [1.29, 1.82) is 0 Å². The second-order valence-electron chi connectivity index (χ2n) is 5.01. The number of aromatic nitrogens is 3. The lowest BCUT2D eigenvalue weighted by Crippen LogP contribution is -2.03. The van der Waals surface area contributed by atoms with E-state index < -0.39 is 10.4 Å². The summed E-state index contributed by atoms with van der Waals surface area (Å²) in [7, 11) is -4.67. The molecule has 7 nitrogen and oxygen atoms in total. The zero-order valence-electron chi connectivity index (χ0n) is 12.6. The third-order valence-corrected chi connectivity index (χ3v) is 3.48. The number of hydrogen-bond acceptors (Lipinski definition) is 5. The molecular formula is C12H18ClN3O4S2. The Kier molecular flexibility index (Phi) is 6.63. The van der Waals surface area contributed by atoms with Crippen LogP contribution in [0.4, 0.5) is 0 Å². The van der Waals surface area contributed by atoms with Gasteiger partial charge in [0.2, 0.25) is 0 Å². The standard InChI is InChI=1S/C12H16ClN3S.H2O4S/c1-7(2)11-14-6-9-5-10(13)15-12(16(9)11)17-8(3)4;1-5(2,3)4/h5-8H,1-4H3;(H2,1,2,3,4). The van der Waals surface area contributed by atoms with E-state index in [1.165, 1.54) is 0 Å². The lowest BCUT2D eigenvalue weighted by molar-refractivity contribution is 0.381. The number of hydrogen-bond donors (Lipinski definition) is 2. The van der Waals surface area contributed by atoms with Crippen molar-refractivity contribution < 1.29 is 17.5 Å². The number of halogens is 1. The quantitative estimate of drug-likeness (QED) is 0.371. The molecule has 0 radical (unpaired) electrons. The molecule has 10 heteroatoms. The van der Waals surface area contributed by atoms with Crippen molar-refractivity contribution in [2.75, 3.05) is 0 Å². The monoisotopic (exact) mass is 367 g/mol. The van der Waals surface area contributed by atoms with Gasteiger partial charge in [-0.05, 0) is 0 Å². The molecule has 0 aliphatic carbocycles. The number of fused-ring (bicyclic) bond motifs is 1. The summed E-state index contributed by atoms with van der Waals surface area (Å²) in [5.74, 6) is 1.40. The molecule has 0 aliphatic heterocycles. The van der Waals surface area contributed by atoms with E-state index >= 15 is 0 Å². The highest BCUT2D eigenvalue weighted by Crippen LogP contribution is 2.27. The Hall–Kier alpha value is -0.870. The van der Waals surface area contributed by atoms with Gasteiger partial charge in [0.1, 0.15) is 11.0 Å². The van der Waals surface area contributed by atoms with E-state index in [2.05, 4.69) is 42.1 Å². The average Bonchev–Trinajstić information content (AvgIpc) is 2.69. The SMILES string of the molecule is CC(C)Sc1nc(Cl)cc2cnc(C(C)C)n12.O=S(=O)(O)O. The highest BCUT2D eigenvalue weighted by molar-refractivity contribution is 7.99. The average molecular weight is 368 g/mol. The van der Waals surface area contributed by atoms with E-state index in [9.17, 15) is 0 Å². The van der Waals surface area contributed by atoms with Crippen LogP contribution in [0.1, 0.15) is 39.4 Å². The van der Waals surface area contributed by atoms with Gasteiger partial charge < -0.3 is 0 Å². The van der Waals surface area contributed by atoms with Gasteiger partial charge >= 0.3 is 10.4 Å². The first-order valence-electron chi connectivity index (χ1n) is 6.39. The Balaban J connectivity index is 0.000000422. The lowest BCUT2D eigenvalue weighted by Gasteiger charge is -2.11. The van der Waals surface area contributed by atoms with Crippen molar-refractivity contribution in [2.24, 2.45) is 0 Å². The summed E-state index contributed by atoms with van der Waals surface area (Å²) in [6.07, 6.45) is 1.85. The molecule has 2 N–H and O–H groups in total. The topological polar surface area (TPSA) is 105 Å². The van der Waals surface area contributed by atoms with Gasteiger partial charge in [-0.3, -0.25) is 13.5 Å². The van der Waals surface area contributed by atoms with Crippen LogP contribution in [0.2, 0.25) is 5.15 Å². The second-order valence-corrected chi connectivity index (χ2v) is 7.83. The third kappa shape index (κ3) is 6.09. The van der Waals surface area contributed by atoms with Crippen LogP contribution in [0, 0.1) is 0 Å². The van der Waals surface area contributed by atoms with Gasteiger partial charge in [-0.15, -0.1) is 0 Å². The fourth-order valence-corrected chi connectivity index (χ4v) is 2.80. The predicted octanol–water partition coefficient (Wildman–Crippen LogP) is 3.35. The molecule has 2 aromatic heterocycles. The van der Waals surface area contributed by atoms with Crippen LogP contribution in [0.15, 0.2) is 17.4 Å². The van der Waals surface area contributed by atoms with E-state index in [0.29, 0.717) is 16.3 Å². The molecule has 0 saturated carbocycles. The van der Waals surface area contributed by atoms with Crippen molar-refractivity contribution in [3.8, 4) is 0 Å². The van der Waals surface area contributed by atoms with Gasteiger partial charge in [0.15, 0.2) is 5.16 Å². The molecule has 0 aromatic carbocycles. The van der Waals surface area contributed by atoms with E-state index in [1.807, 2.05) is 12.3 Å². The van der Waals surface area contributed by atoms with Crippen LogP contribution in [0.3, 0.4) is 0 Å². The molecule has 0 bridgehead atoms. The maximum absolute atomic E-state index is 8.74. The number of imidazole rings is 1. The molecule has 0 saturated heterocycles. The summed E-state index contributed by atoms with van der Waals surface area (Å²) in [5, 5.41) is 1.91. The Labute approximate surface area is 138 Å². The van der Waals surface area contributed by atoms with Crippen LogP contribution in [0.25, 0.3) is 5.52 Å². The first-order chi connectivity index (χ1) is 9.99. The summed E-state index contributed by atoms with van der Waals surface area (Å²) >= 11 is 7.74. The zero-order chi connectivity index (χ0) is 17.1. The lowest BCUT2D eigenvalue weighted by atomic mass is 10.2. The molecule has 124 valence electrons. The van der Waals surface area contributed by atoms with Crippen LogP contribution in [-0.2, 0) is 10.4 Å². The minimum absolute atomic E-state index is 0.368. The number of rotatable bonds is 3. The van der Waals surface area contributed by atoms with E-state index in [0.717, 1.165) is 16.5 Å². The van der Waals surface area contributed by atoms with Crippen LogP contribution >= 0.6 is 23.4 Å². The molecule has 2 heterocycles. The van der Waals surface area contributed by atoms with E-state index in [4.69, 9.17) is 29.1 Å². The smallest absolute Gasteiger partial charge is 0.275 e. The summed E-state index contributed by atoms with van der Waals surface area (Å²) in [6, 6.07) is 1.85. The predicted molar refractivity (Wildman–Crippen MR) is 87.3 cm³/mol. The molecule has 22 heavy (non-hydrogen) atoms. The molecule has 0 aliphatic rings. The highest BCUT2D eigenvalue weighted by atomic mass is 35.5. The van der Waals surface area contributed by atoms with Gasteiger partial charge in [-0.25, -0.2) is 9.97 Å². The van der Waals surface area contributed by atoms with Crippen molar-refractivity contribution in [1.82, 2.24) is 14.4 Å². The molecule has 0 unspecified atom stereocenters. The van der Waals surface area contributed by atoms with Gasteiger partial charge in [0.05, 0.1) is 11.7 Å². The maximum atomic E-state index is 8.74. The van der Waals surface area contributed by atoms with E-state index in [-0.39, 0.29) is 0 Å². The Morgan fingerprint density at radius 2 is 1.82 bits per heavy atom. The summed E-state index contributed by atoms with van der Waals surface area (Å²) in [4.78, 5) is 8.86. The van der Waals surface area contributed by atoms with Gasteiger partial charge in [-0.2, -0.15) is 8.42 Å². The number of thioether (sulfide) groups is 1. The van der Waals surface area contributed by atoms with Crippen molar-refractivity contribution in [3.05, 3.63) is 23.2 Å². The Bertz CT molecular complexity index is 736. The van der Waals surface area contributed by atoms with Gasteiger partial charge in [-0.1, -0.05) is 51.1 Å². The zero-order valence-corrected chi connectivity index (χ0v) is 14.9. The minimum atomic E-state index is -4.67. The fraction of sp³-hybridized carbons (Fsp3) is 0.500. The van der Waals surface area contributed by atoms with E-state index in [1.54, 1.807) is 11.8 Å². The summed E-state index contributed by atoms with van der Waals surface area (Å²) in [5.41, 5.74) is 1.01. The largest absolute Gasteiger partial charge is 0.394 e. The first kappa shape index (κ1) is 19.2. The molecule has 2 rings (SSSR count). The third-order valence-electron chi connectivity index (χ3n) is 2.33. The normalized spacial score (nSPS) is 11.9. The molecule has 0 amide bonds. The number of nitrogens with zero attached hydrogens (tertiary/aromatic N) is 3. The minimum Gasteiger partial charge on any atom is -0.275 e. The van der Waals surface area contributed by atoms with Crippen molar-refractivity contribution in [3.63, 3.8) is 0 Å². The first-order valence-corrected chi connectivity index (χ1v) is 9.05. The molecule has 0 fully saturated rings.